The topological polar surface area (TPSA) is 60.4 Å². The molecule has 0 radical (unpaired) electrons. The molecule has 5 nitrogen and oxygen atoms in total. The van der Waals surface area contributed by atoms with Crippen LogP contribution in [0.25, 0.3) is 10.2 Å². The molecule has 0 aliphatic rings. The minimum atomic E-state index is -0.411. The lowest BCUT2D eigenvalue weighted by Crippen LogP contribution is -2.15. The second kappa shape index (κ2) is 4.81. The summed E-state index contributed by atoms with van der Waals surface area (Å²) in [5, 5.41) is 3.51. The van der Waals surface area contributed by atoms with Crippen molar-refractivity contribution < 1.29 is 9.32 Å². The fraction of sp³-hybridized carbons (Fsp3) is 0.154. The molecule has 3 aromatic rings. The molecule has 6 heteroatoms. The summed E-state index contributed by atoms with van der Waals surface area (Å²) < 4.78 is 7.93. The van der Waals surface area contributed by atoms with Crippen LogP contribution in [0.15, 0.2) is 46.0 Å². The highest BCUT2D eigenvalue weighted by molar-refractivity contribution is 7.16. The third kappa shape index (κ3) is 2.10. The van der Waals surface area contributed by atoms with Gasteiger partial charge in [-0.25, -0.2) is 0 Å². The van der Waals surface area contributed by atoms with Gasteiger partial charge in [-0.3, -0.25) is 4.79 Å². The Balaban J connectivity index is 2.17. The molecule has 0 spiro atoms. The van der Waals surface area contributed by atoms with Gasteiger partial charge >= 0.3 is 5.91 Å². The molecule has 2 heterocycles. The summed E-state index contributed by atoms with van der Waals surface area (Å²) in [6, 6.07) is 9.50. The number of carbonyl (C=O) groups excluding carboxylic acids is 1. The molecule has 2 aromatic heterocycles. The van der Waals surface area contributed by atoms with E-state index in [9.17, 15) is 4.79 Å². The van der Waals surface area contributed by atoms with Crippen LogP contribution in [0.4, 0.5) is 0 Å². The van der Waals surface area contributed by atoms with Gasteiger partial charge in [0.1, 0.15) is 0 Å². The molecule has 0 saturated carbocycles. The Bertz CT molecular complexity index is 784. The lowest BCUT2D eigenvalue weighted by Gasteiger charge is -1.98. The molecule has 0 fully saturated rings. The van der Waals surface area contributed by atoms with E-state index in [1.165, 1.54) is 23.6 Å². The van der Waals surface area contributed by atoms with Gasteiger partial charge in [0.25, 0.3) is 0 Å². The Kier molecular flexibility index (Phi) is 3.00. The molecule has 3 rings (SSSR count). The number of benzene rings is 1. The van der Waals surface area contributed by atoms with Gasteiger partial charge in [-0.05, 0) is 19.1 Å². The van der Waals surface area contributed by atoms with Crippen LogP contribution in [-0.4, -0.2) is 15.6 Å². The smallest absolute Gasteiger partial charge is 0.318 e. The number of rotatable bonds is 2. The van der Waals surface area contributed by atoms with Gasteiger partial charge in [0.2, 0.25) is 5.76 Å². The number of amides is 1. The van der Waals surface area contributed by atoms with E-state index >= 15 is 0 Å². The SMILES string of the molecule is CCn1c(=NC(=O)c2ccno2)sc2ccccc21. The Morgan fingerprint density at radius 3 is 3.00 bits per heavy atom. The quantitative estimate of drug-likeness (QED) is 0.720. The van der Waals surface area contributed by atoms with E-state index in [0.29, 0.717) is 4.80 Å². The largest absolute Gasteiger partial charge is 0.351 e. The Labute approximate surface area is 112 Å². The number of aromatic nitrogens is 2. The van der Waals surface area contributed by atoms with Crippen molar-refractivity contribution in [3.8, 4) is 0 Å². The first-order valence-electron chi connectivity index (χ1n) is 5.87. The van der Waals surface area contributed by atoms with Crippen molar-refractivity contribution in [1.29, 1.82) is 0 Å². The highest BCUT2D eigenvalue weighted by Gasteiger charge is 2.10. The van der Waals surface area contributed by atoms with Crippen molar-refractivity contribution in [2.45, 2.75) is 13.5 Å². The predicted octanol–water partition coefficient (Wildman–Crippen LogP) is 2.45. The summed E-state index contributed by atoms with van der Waals surface area (Å²) in [6.07, 6.45) is 1.43. The van der Waals surface area contributed by atoms with Gasteiger partial charge in [-0.1, -0.05) is 28.6 Å². The van der Waals surface area contributed by atoms with E-state index in [0.717, 1.165) is 16.8 Å². The van der Waals surface area contributed by atoms with E-state index < -0.39 is 5.91 Å². The summed E-state index contributed by atoms with van der Waals surface area (Å²) in [6.45, 7) is 2.78. The molecule has 0 unspecified atom stereocenters. The van der Waals surface area contributed by atoms with Crippen molar-refractivity contribution in [2.75, 3.05) is 0 Å². The maximum absolute atomic E-state index is 11.9. The fourth-order valence-corrected chi connectivity index (χ4v) is 2.97. The number of hydrogen-bond donors (Lipinski definition) is 0. The van der Waals surface area contributed by atoms with Gasteiger partial charge in [-0.15, -0.1) is 0 Å². The molecule has 0 saturated heterocycles. The van der Waals surface area contributed by atoms with E-state index in [2.05, 4.69) is 10.1 Å². The van der Waals surface area contributed by atoms with E-state index in [-0.39, 0.29) is 5.76 Å². The number of carbonyl (C=O) groups is 1. The maximum Gasteiger partial charge on any atom is 0.318 e. The summed E-state index contributed by atoms with van der Waals surface area (Å²) in [7, 11) is 0. The number of hydrogen-bond acceptors (Lipinski definition) is 4. The van der Waals surface area contributed by atoms with Crippen LogP contribution in [0.3, 0.4) is 0 Å². The van der Waals surface area contributed by atoms with Crippen molar-refractivity contribution in [3.63, 3.8) is 0 Å². The average Bonchev–Trinajstić information content (AvgIpc) is 3.05. The number of fused-ring (bicyclic) bond motifs is 1. The van der Waals surface area contributed by atoms with Crippen LogP contribution in [0.5, 0.6) is 0 Å². The molecule has 0 bridgehead atoms. The third-order valence-electron chi connectivity index (χ3n) is 2.75. The van der Waals surface area contributed by atoms with Gasteiger partial charge in [0.15, 0.2) is 4.80 Å². The summed E-state index contributed by atoms with van der Waals surface area (Å²) in [4.78, 5) is 16.7. The highest BCUT2D eigenvalue weighted by atomic mass is 32.1. The van der Waals surface area contributed by atoms with E-state index in [1.807, 2.05) is 35.8 Å². The molecular weight excluding hydrogens is 262 g/mol. The monoisotopic (exact) mass is 273 g/mol. The normalized spacial score (nSPS) is 12.2. The summed E-state index contributed by atoms with van der Waals surface area (Å²) >= 11 is 1.49. The molecule has 0 N–H and O–H groups in total. The first kappa shape index (κ1) is 11.9. The van der Waals surface area contributed by atoms with Gasteiger partial charge < -0.3 is 9.09 Å². The Morgan fingerprint density at radius 1 is 1.42 bits per heavy atom. The molecule has 0 aliphatic heterocycles. The molecular formula is C13H11N3O2S. The summed E-state index contributed by atoms with van der Waals surface area (Å²) in [5.41, 5.74) is 1.08. The second-order valence-electron chi connectivity index (χ2n) is 3.89. The first-order chi connectivity index (χ1) is 9.29. The standard InChI is InChI=1S/C13H11N3O2S/c1-2-16-9-5-3-4-6-11(9)19-13(16)15-12(17)10-7-8-14-18-10/h3-8H,2H2,1H3. The maximum atomic E-state index is 11.9. The fourth-order valence-electron chi connectivity index (χ4n) is 1.88. The van der Waals surface area contributed by atoms with Gasteiger partial charge in [0, 0.05) is 12.6 Å². The zero-order chi connectivity index (χ0) is 13.2. The van der Waals surface area contributed by atoms with Crippen LogP contribution in [0, 0.1) is 0 Å². The van der Waals surface area contributed by atoms with Crippen molar-refractivity contribution in [1.82, 2.24) is 9.72 Å². The zero-order valence-corrected chi connectivity index (χ0v) is 11.1. The van der Waals surface area contributed by atoms with Gasteiger partial charge in [0.05, 0.1) is 16.4 Å². The first-order valence-corrected chi connectivity index (χ1v) is 6.69. The van der Waals surface area contributed by atoms with Crippen molar-refractivity contribution in [3.05, 3.63) is 47.1 Å². The minimum Gasteiger partial charge on any atom is -0.351 e. The minimum absolute atomic E-state index is 0.153. The van der Waals surface area contributed by atoms with Crippen LogP contribution in [-0.2, 0) is 6.54 Å². The van der Waals surface area contributed by atoms with Crippen molar-refractivity contribution >= 4 is 27.5 Å². The number of aryl methyl sites for hydroxylation is 1. The van der Waals surface area contributed by atoms with Crippen LogP contribution in [0.1, 0.15) is 17.5 Å². The zero-order valence-electron chi connectivity index (χ0n) is 10.2. The van der Waals surface area contributed by atoms with Gasteiger partial charge in [-0.2, -0.15) is 4.99 Å². The highest BCUT2D eigenvalue weighted by Crippen LogP contribution is 2.16. The van der Waals surface area contributed by atoms with Crippen molar-refractivity contribution in [2.24, 2.45) is 4.99 Å². The van der Waals surface area contributed by atoms with E-state index in [4.69, 9.17) is 4.52 Å². The van der Waals surface area contributed by atoms with E-state index in [1.54, 1.807) is 0 Å². The molecule has 96 valence electrons. The lowest BCUT2D eigenvalue weighted by atomic mass is 10.3. The molecule has 0 aliphatic carbocycles. The molecule has 19 heavy (non-hydrogen) atoms. The van der Waals surface area contributed by atoms with Crippen LogP contribution >= 0.6 is 11.3 Å². The van der Waals surface area contributed by atoms with Crippen LogP contribution < -0.4 is 4.80 Å². The van der Waals surface area contributed by atoms with Crippen LogP contribution in [0.2, 0.25) is 0 Å². The third-order valence-corrected chi connectivity index (χ3v) is 3.81. The molecule has 1 aromatic carbocycles. The number of nitrogens with zero attached hydrogens (tertiary/aromatic N) is 3. The Hall–Kier alpha value is -2.21. The molecule has 1 amide bonds. The molecule has 0 atom stereocenters. The average molecular weight is 273 g/mol. The predicted molar refractivity (Wildman–Crippen MR) is 71.9 cm³/mol. The number of thiazole rings is 1. The number of para-hydroxylation sites is 1. The summed E-state index contributed by atoms with van der Waals surface area (Å²) in [5.74, 6) is -0.258. The lowest BCUT2D eigenvalue weighted by molar-refractivity contribution is 0.0962. The second-order valence-corrected chi connectivity index (χ2v) is 4.90. The Morgan fingerprint density at radius 2 is 2.26 bits per heavy atom.